The maximum atomic E-state index is 12.2. The molecule has 180 valence electrons. The molecule has 31 heavy (non-hydrogen) atoms. The van der Waals surface area contributed by atoms with Crippen molar-refractivity contribution >= 4 is 81.9 Å². The number of nitrogens with one attached hydrogen (secondary N) is 1. The first kappa shape index (κ1) is 27.4. The molecular formula is C15H19Cl6NO9. The van der Waals surface area contributed by atoms with Gasteiger partial charge in [-0.2, -0.15) is 0 Å². The topological polar surface area (TPSA) is 122 Å². The van der Waals surface area contributed by atoms with E-state index < -0.39 is 69.5 Å². The standard InChI is InChI=1S/C15H19Cl6NO9/c1-13(2)28-3-6-8(31-13)9(30-12(25)27-5-15(19,20)21)7(10(23)29-6)22-11(24)26-4-14(16,17)18/h6-10,23H,3-5H2,1-2H3,(H,22,24)/t6-,7-,8-,9-,10?/m1/s1. The maximum Gasteiger partial charge on any atom is 0.508 e. The van der Waals surface area contributed by atoms with Gasteiger partial charge in [0, 0.05) is 0 Å². The summed E-state index contributed by atoms with van der Waals surface area (Å²) >= 11 is 33.3. The highest BCUT2D eigenvalue weighted by molar-refractivity contribution is 6.68. The van der Waals surface area contributed by atoms with Crippen LogP contribution in [0.4, 0.5) is 9.59 Å². The van der Waals surface area contributed by atoms with Crippen LogP contribution in [-0.4, -0.2) is 81.2 Å². The zero-order valence-electron chi connectivity index (χ0n) is 16.0. The van der Waals surface area contributed by atoms with Crippen molar-refractivity contribution in [2.75, 3.05) is 19.8 Å². The van der Waals surface area contributed by atoms with E-state index in [0.717, 1.165) is 0 Å². The molecule has 0 aromatic heterocycles. The summed E-state index contributed by atoms with van der Waals surface area (Å²) in [5.41, 5.74) is 0. The van der Waals surface area contributed by atoms with E-state index >= 15 is 0 Å². The lowest BCUT2D eigenvalue weighted by Crippen LogP contribution is -2.69. The second-order valence-corrected chi connectivity index (χ2v) is 12.0. The van der Waals surface area contributed by atoms with Gasteiger partial charge >= 0.3 is 12.2 Å². The molecule has 0 radical (unpaired) electrons. The fourth-order valence-electron chi connectivity index (χ4n) is 2.75. The SMILES string of the molecule is CC1(C)OC[C@H]2OC(O)[C@H](NC(=O)OCC(Cl)(Cl)Cl)[C@@H](OC(=O)OCC(Cl)(Cl)Cl)[C@@H]2O1. The van der Waals surface area contributed by atoms with Crippen LogP contribution in [0, 0.1) is 0 Å². The number of amides is 1. The molecule has 0 aromatic carbocycles. The molecule has 2 N–H and O–H groups in total. The molecular weight excluding hydrogens is 551 g/mol. The summed E-state index contributed by atoms with van der Waals surface area (Å²) in [5, 5.41) is 12.7. The molecule has 2 aliphatic heterocycles. The van der Waals surface area contributed by atoms with E-state index in [2.05, 4.69) is 5.32 Å². The zero-order valence-corrected chi connectivity index (χ0v) is 20.5. The number of aliphatic hydroxyl groups is 1. The van der Waals surface area contributed by atoms with Crippen LogP contribution in [-0.2, 0) is 28.4 Å². The van der Waals surface area contributed by atoms with E-state index in [4.69, 9.17) is 98.0 Å². The van der Waals surface area contributed by atoms with Crippen molar-refractivity contribution in [3.05, 3.63) is 0 Å². The Labute approximate surface area is 207 Å². The van der Waals surface area contributed by atoms with Gasteiger partial charge in [0.25, 0.3) is 0 Å². The summed E-state index contributed by atoms with van der Waals surface area (Å²) in [6, 6.07) is -1.36. The molecule has 0 aromatic rings. The van der Waals surface area contributed by atoms with E-state index in [1.165, 1.54) is 0 Å². The molecule has 0 saturated carbocycles. The Morgan fingerprint density at radius 2 is 1.68 bits per heavy atom. The number of alkyl halides is 6. The molecule has 16 heteroatoms. The third kappa shape index (κ3) is 9.11. The fourth-order valence-corrected chi connectivity index (χ4v) is 3.07. The Kier molecular flexibility index (Phi) is 9.34. The first-order valence-electron chi connectivity index (χ1n) is 8.62. The van der Waals surface area contributed by atoms with Gasteiger partial charge in [0.1, 0.15) is 31.5 Å². The summed E-state index contributed by atoms with van der Waals surface area (Å²) < 4.78 is 27.8. The summed E-state index contributed by atoms with van der Waals surface area (Å²) in [5.74, 6) is -1.09. The number of fused-ring (bicyclic) bond motifs is 1. The summed E-state index contributed by atoms with van der Waals surface area (Å²) in [4.78, 5) is 24.3. The lowest BCUT2D eigenvalue weighted by atomic mass is 9.95. The van der Waals surface area contributed by atoms with E-state index in [9.17, 15) is 14.7 Å². The summed E-state index contributed by atoms with van der Waals surface area (Å²) in [6.07, 6.45) is -7.14. The predicted octanol–water partition coefficient (Wildman–Crippen LogP) is 3.21. The van der Waals surface area contributed by atoms with Crippen LogP contribution in [0.3, 0.4) is 0 Å². The molecule has 2 fully saturated rings. The van der Waals surface area contributed by atoms with Crippen molar-refractivity contribution in [3.8, 4) is 0 Å². The van der Waals surface area contributed by atoms with E-state index in [1.54, 1.807) is 13.8 Å². The van der Waals surface area contributed by atoms with Gasteiger partial charge in [-0.3, -0.25) is 0 Å². The number of carbonyl (C=O) groups excluding carboxylic acids is 2. The smallest absolute Gasteiger partial charge is 0.445 e. The van der Waals surface area contributed by atoms with E-state index in [1.807, 2.05) is 0 Å². The van der Waals surface area contributed by atoms with Crippen LogP contribution in [0.5, 0.6) is 0 Å². The van der Waals surface area contributed by atoms with Crippen LogP contribution in [0.15, 0.2) is 0 Å². The molecule has 0 bridgehead atoms. The monoisotopic (exact) mass is 567 g/mol. The minimum absolute atomic E-state index is 0.00220. The second kappa shape index (κ2) is 10.6. The van der Waals surface area contributed by atoms with Crippen LogP contribution in [0.25, 0.3) is 0 Å². The van der Waals surface area contributed by atoms with Gasteiger partial charge in [-0.15, -0.1) is 0 Å². The number of ether oxygens (including phenoxy) is 6. The zero-order chi connectivity index (χ0) is 23.6. The average molecular weight is 570 g/mol. The Bertz CT molecular complexity index is 656. The number of alkyl carbamates (subject to hydrolysis) is 1. The van der Waals surface area contributed by atoms with Gasteiger partial charge in [0.2, 0.25) is 7.59 Å². The molecule has 1 amide bonds. The molecule has 5 atom stereocenters. The molecule has 0 spiro atoms. The molecule has 2 heterocycles. The first-order chi connectivity index (χ1) is 14.1. The summed E-state index contributed by atoms with van der Waals surface area (Å²) in [6.45, 7) is 2.03. The van der Waals surface area contributed by atoms with Crippen molar-refractivity contribution in [2.24, 2.45) is 0 Å². The van der Waals surface area contributed by atoms with E-state index in [0.29, 0.717) is 0 Å². The van der Waals surface area contributed by atoms with Crippen LogP contribution in [0.1, 0.15) is 13.8 Å². The van der Waals surface area contributed by atoms with Gasteiger partial charge < -0.3 is 38.8 Å². The molecule has 2 saturated heterocycles. The van der Waals surface area contributed by atoms with E-state index in [-0.39, 0.29) is 6.61 Å². The Hall–Kier alpha value is 0.120. The fraction of sp³-hybridized carbons (Fsp3) is 0.867. The third-order valence-corrected chi connectivity index (χ3v) is 4.57. The molecule has 0 aliphatic carbocycles. The number of hydrogen-bond acceptors (Lipinski definition) is 9. The highest BCUT2D eigenvalue weighted by Gasteiger charge is 2.54. The Morgan fingerprint density at radius 1 is 1.10 bits per heavy atom. The number of hydrogen-bond donors (Lipinski definition) is 2. The van der Waals surface area contributed by atoms with Crippen molar-refractivity contribution in [2.45, 2.75) is 57.9 Å². The van der Waals surface area contributed by atoms with Crippen molar-refractivity contribution in [1.82, 2.24) is 5.32 Å². The predicted molar refractivity (Wildman–Crippen MR) is 111 cm³/mol. The van der Waals surface area contributed by atoms with Gasteiger partial charge in [-0.1, -0.05) is 69.6 Å². The number of halogens is 6. The Morgan fingerprint density at radius 3 is 2.26 bits per heavy atom. The van der Waals surface area contributed by atoms with Gasteiger partial charge in [-0.05, 0) is 13.8 Å². The average Bonchev–Trinajstić information content (AvgIpc) is 2.60. The van der Waals surface area contributed by atoms with Gasteiger partial charge in [0.15, 0.2) is 18.2 Å². The first-order valence-corrected chi connectivity index (χ1v) is 10.9. The quantitative estimate of drug-likeness (QED) is 0.388. The second-order valence-electron chi connectivity index (χ2n) is 6.96. The largest absolute Gasteiger partial charge is 0.508 e. The number of carbonyl (C=O) groups is 2. The van der Waals surface area contributed by atoms with Gasteiger partial charge in [-0.25, -0.2) is 9.59 Å². The lowest BCUT2D eigenvalue weighted by Gasteiger charge is -2.49. The molecule has 10 nitrogen and oxygen atoms in total. The number of rotatable bonds is 4. The molecule has 2 rings (SSSR count). The molecule has 1 unspecified atom stereocenters. The Balaban J connectivity index is 2.17. The van der Waals surface area contributed by atoms with Crippen molar-refractivity contribution < 1.29 is 43.1 Å². The van der Waals surface area contributed by atoms with Crippen molar-refractivity contribution in [3.63, 3.8) is 0 Å². The minimum atomic E-state index is -1.88. The third-order valence-electron chi connectivity index (χ3n) is 3.92. The normalized spacial score (nSPS) is 30.7. The van der Waals surface area contributed by atoms with Crippen LogP contribution < -0.4 is 5.32 Å². The highest BCUT2D eigenvalue weighted by atomic mass is 35.6. The minimum Gasteiger partial charge on any atom is -0.445 e. The number of aliphatic hydroxyl groups excluding tert-OH is 1. The maximum absolute atomic E-state index is 12.2. The summed E-state index contributed by atoms with van der Waals surface area (Å²) in [7, 11) is 0. The van der Waals surface area contributed by atoms with Crippen LogP contribution >= 0.6 is 69.6 Å². The van der Waals surface area contributed by atoms with Crippen molar-refractivity contribution in [1.29, 1.82) is 0 Å². The van der Waals surface area contributed by atoms with Crippen LogP contribution in [0.2, 0.25) is 0 Å². The molecule has 2 aliphatic rings. The van der Waals surface area contributed by atoms with Gasteiger partial charge in [0.05, 0.1) is 6.61 Å². The lowest BCUT2D eigenvalue weighted by molar-refractivity contribution is -0.364. The highest BCUT2D eigenvalue weighted by Crippen LogP contribution is 2.34.